The fourth-order valence-electron chi connectivity index (χ4n) is 2.62. The summed E-state index contributed by atoms with van der Waals surface area (Å²) in [4.78, 5) is 18.9. The summed E-state index contributed by atoms with van der Waals surface area (Å²) in [6.07, 6.45) is 2.00. The van der Waals surface area contributed by atoms with Gasteiger partial charge in [0.1, 0.15) is 10.7 Å². The lowest BCUT2D eigenvalue weighted by atomic mass is 9.97. The van der Waals surface area contributed by atoms with Gasteiger partial charge in [0.25, 0.3) is 5.91 Å². The van der Waals surface area contributed by atoms with Crippen LogP contribution in [0.1, 0.15) is 23.3 Å². The van der Waals surface area contributed by atoms with Gasteiger partial charge in [-0.3, -0.25) is 4.79 Å². The molecule has 2 N–H and O–H groups in total. The lowest BCUT2D eigenvalue weighted by Crippen LogP contribution is -2.40. The molecule has 1 amide bonds. The molecule has 0 atom stereocenters. The van der Waals surface area contributed by atoms with Crippen molar-refractivity contribution in [3.8, 4) is 10.6 Å². The maximum atomic E-state index is 12.5. The lowest BCUT2D eigenvalue weighted by molar-refractivity contribution is 0.0688. The van der Waals surface area contributed by atoms with Crippen molar-refractivity contribution >= 4 is 17.2 Å². The standard InChI is InChI=1S/C16H19N3OS/c17-10-12-6-8-19(9-7-12)16(20)14-11-21-15(18-14)13-4-2-1-3-5-13/h1-5,11-12H,6-10,17H2. The first-order chi connectivity index (χ1) is 10.3. The molecule has 5 heteroatoms. The minimum Gasteiger partial charge on any atom is -0.337 e. The monoisotopic (exact) mass is 301 g/mol. The number of nitrogens with two attached hydrogens (primary N) is 1. The van der Waals surface area contributed by atoms with Crippen LogP contribution >= 0.6 is 11.3 Å². The van der Waals surface area contributed by atoms with E-state index in [0.717, 1.165) is 43.0 Å². The number of nitrogens with zero attached hydrogens (tertiary/aromatic N) is 2. The van der Waals surface area contributed by atoms with Gasteiger partial charge in [-0.25, -0.2) is 4.98 Å². The number of carbonyl (C=O) groups is 1. The zero-order valence-electron chi connectivity index (χ0n) is 11.9. The molecule has 1 saturated heterocycles. The Balaban J connectivity index is 1.70. The number of hydrogen-bond donors (Lipinski definition) is 1. The second kappa shape index (κ2) is 6.37. The molecule has 1 fully saturated rings. The number of thiazole rings is 1. The number of likely N-dealkylation sites (tertiary alicyclic amines) is 1. The molecule has 0 aliphatic carbocycles. The van der Waals surface area contributed by atoms with Crippen molar-refractivity contribution in [1.82, 2.24) is 9.88 Å². The summed E-state index contributed by atoms with van der Waals surface area (Å²) >= 11 is 1.52. The third kappa shape index (κ3) is 3.14. The number of benzene rings is 1. The fourth-order valence-corrected chi connectivity index (χ4v) is 3.42. The smallest absolute Gasteiger partial charge is 0.273 e. The average Bonchev–Trinajstić information content (AvgIpc) is 3.05. The Morgan fingerprint density at radius 2 is 2.00 bits per heavy atom. The van der Waals surface area contributed by atoms with Crippen molar-refractivity contribution in [3.63, 3.8) is 0 Å². The van der Waals surface area contributed by atoms with Gasteiger partial charge in [0.05, 0.1) is 0 Å². The first-order valence-electron chi connectivity index (χ1n) is 7.28. The summed E-state index contributed by atoms with van der Waals surface area (Å²) in [6, 6.07) is 9.97. The van der Waals surface area contributed by atoms with Crippen LogP contribution in [0.25, 0.3) is 10.6 Å². The van der Waals surface area contributed by atoms with Crippen LogP contribution in [0.3, 0.4) is 0 Å². The topological polar surface area (TPSA) is 59.2 Å². The van der Waals surface area contributed by atoms with Gasteiger partial charge in [-0.05, 0) is 25.3 Å². The van der Waals surface area contributed by atoms with E-state index in [1.807, 2.05) is 40.6 Å². The van der Waals surface area contributed by atoms with Gasteiger partial charge in [-0.1, -0.05) is 30.3 Å². The molecule has 0 unspecified atom stereocenters. The summed E-state index contributed by atoms with van der Waals surface area (Å²) in [7, 11) is 0. The van der Waals surface area contributed by atoms with Gasteiger partial charge in [-0.15, -0.1) is 11.3 Å². The number of hydrogen-bond acceptors (Lipinski definition) is 4. The Bertz CT molecular complexity index is 603. The van der Waals surface area contributed by atoms with Gasteiger partial charge in [-0.2, -0.15) is 0 Å². The third-order valence-corrected chi connectivity index (χ3v) is 4.87. The van der Waals surface area contributed by atoms with Crippen LogP contribution in [0.2, 0.25) is 0 Å². The first-order valence-corrected chi connectivity index (χ1v) is 8.16. The highest BCUT2D eigenvalue weighted by Crippen LogP contribution is 2.25. The highest BCUT2D eigenvalue weighted by molar-refractivity contribution is 7.13. The highest BCUT2D eigenvalue weighted by atomic mass is 32.1. The molecule has 0 radical (unpaired) electrons. The summed E-state index contributed by atoms with van der Waals surface area (Å²) in [5.74, 6) is 0.605. The molecule has 0 bridgehead atoms. The van der Waals surface area contributed by atoms with E-state index in [9.17, 15) is 4.79 Å². The molecule has 0 spiro atoms. The molecule has 4 nitrogen and oxygen atoms in total. The Morgan fingerprint density at radius 1 is 1.29 bits per heavy atom. The second-order valence-electron chi connectivity index (χ2n) is 5.38. The van der Waals surface area contributed by atoms with Crippen molar-refractivity contribution in [2.45, 2.75) is 12.8 Å². The Labute approximate surface area is 128 Å². The van der Waals surface area contributed by atoms with Crippen LogP contribution in [-0.4, -0.2) is 35.4 Å². The van der Waals surface area contributed by atoms with E-state index < -0.39 is 0 Å². The van der Waals surface area contributed by atoms with Crippen molar-refractivity contribution in [3.05, 3.63) is 41.4 Å². The average molecular weight is 301 g/mol. The van der Waals surface area contributed by atoms with E-state index in [4.69, 9.17) is 5.73 Å². The SMILES string of the molecule is NCC1CCN(C(=O)c2csc(-c3ccccc3)n2)CC1. The Morgan fingerprint density at radius 3 is 2.67 bits per heavy atom. The number of amides is 1. The van der Waals surface area contributed by atoms with Gasteiger partial charge in [0.2, 0.25) is 0 Å². The van der Waals surface area contributed by atoms with Gasteiger partial charge >= 0.3 is 0 Å². The number of aromatic nitrogens is 1. The van der Waals surface area contributed by atoms with E-state index in [1.54, 1.807) is 0 Å². The van der Waals surface area contributed by atoms with Crippen LogP contribution < -0.4 is 5.73 Å². The zero-order valence-corrected chi connectivity index (χ0v) is 12.7. The molecule has 1 aromatic carbocycles. The van der Waals surface area contributed by atoms with E-state index in [0.29, 0.717) is 11.6 Å². The van der Waals surface area contributed by atoms with Crippen LogP contribution in [0.4, 0.5) is 0 Å². The molecule has 2 aromatic rings. The Kier molecular flexibility index (Phi) is 4.31. The van der Waals surface area contributed by atoms with E-state index in [2.05, 4.69) is 4.98 Å². The van der Waals surface area contributed by atoms with Crippen molar-refractivity contribution < 1.29 is 4.79 Å². The van der Waals surface area contributed by atoms with E-state index in [-0.39, 0.29) is 5.91 Å². The largest absolute Gasteiger partial charge is 0.337 e. The first kappa shape index (κ1) is 14.2. The third-order valence-electron chi connectivity index (χ3n) is 3.98. The molecule has 3 rings (SSSR count). The van der Waals surface area contributed by atoms with Crippen LogP contribution in [0, 0.1) is 5.92 Å². The minimum absolute atomic E-state index is 0.0453. The summed E-state index contributed by atoms with van der Waals surface area (Å²) in [5, 5.41) is 2.76. The molecule has 1 aromatic heterocycles. The summed E-state index contributed by atoms with van der Waals surface area (Å²) < 4.78 is 0. The molecular formula is C16H19N3OS. The summed E-state index contributed by atoms with van der Waals surface area (Å²) in [6.45, 7) is 2.30. The molecule has 110 valence electrons. The lowest BCUT2D eigenvalue weighted by Gasteiger charge is -2.30. The maximum absolute atomic E-state index is 12.5. The minimum atomic E-state index is 0.0453. The molecule has 2 heterocycles. The second-order valence-corrected chi connectivity index (χ2v) is 6.23. The van der Waals surface area contributed by atoms with Crippen molar-refractivity contribution in [2.75, 3.05) is 19.6 Å². The van der Waals surface area contributed by atoms with E-state index >= 15 is 0 Å². The van der Waals surface area contributed by atoms with Crippen LogP contribution in [0.15, 0.2) is 35.7 Å². The van der Waals surface area contributed by atoms with Gasteiger partial charge in [0.15, 0.2) is 0 Å². The molecule has 1 aliphatic rings. The highest BCUT2D eigenvalue weighted by Gasteiger charge is 2.24. The normalized spacial score (nSPS) is 16.1. The molecule has 0 saturated carbocycles. The predicted octanol–water partition coefficient (Wildman–Crippen LogP) is 2.62. The van der Waals surface area contributed by atoms with Gasteiger partial charge in [0, 0.05) is 24.0 Å². The molecular weight excluding hydrogens is 282 g/mol. The number of rotatable bonds is 3. The maximum Gasteiger partial charge on any atom is 0.273 e. The van der Waals surface area contributed by atoms with Crippen LogP contribution in [-0.2, 0) is 0 Å². The van der Waals surface area contributed by atoms with Crippen LogP contribution in [0.5, 0.6) is 0 Å². The van der Waals surface area contributed by atoms with E-state index in [1.165, 1.54) is 11.3 Å². The Hall–Kier alpha value is -1.72. The summed E-state index contributed by atoms with van der Waals surface area (Å²) in [5.41, 5.74) is 7.31. The quantitative estimate of drug-likeness (QED) is 0.948. The number of piperidine rings is 1. The molecule has 1 aliphatic heterocycles. The molecule has 21 heavy (non-hydrogen) atoms. The van der Waals surface area contributed by atoms with Crippen molar-refractivity contribution in [1.29, 1.82) is 0 Å². The predicted molar refractivity (Wildman–Crippen MR) is 85.2 cm³/mol. The van der Waals surface area contributed by atoms with Gasteiger partial charge < -0.3 is 10.6 Å². The fraction of sp³-hybridized carbons (Fsp3) is 0.375. The van der Waals surface area contributed by atoms with Crippen molar-refractivity contribution in [2.24, 2.45) is 11.7 Å². The zero-order chi connectivity index (χ0) is 14.7. The number of carbonyl (C=O) groups excluding carboxylic acids is 1.